The maximum Gasteiger partial charge on any atom is 0.0941 e. The van der Waals surface area contributed by atoms with Gasteiger partial charge in [-0.15, -0.1) is 13.8 Å². The summed E-state index contributed by atoms with van der Waals surface area (Å²) in [5.41, 5.74) is 0. The van der Waals surface area contributed by atoms with Crippen LogP contribution in [0.1, 0.15) is 0 Å². The van der Waals surface area contributed by atoms with Crippen LogP contribution in [-0.4, -0.2) is 72.3 Å². The summed E-state index contributed by atoms with van der Waals surface area (Å²) >= 11 is 0. The lowest BCUT2D eigenvalue weighted by Crippen LogP contribution is -2.58. The summed E-state index contributed by atoms with van der Waals surface area (Å²) < 4.78 is 4.38. The van der Waals surface area contributed by atoms with Gasteiger partial charge in [0.15, 0.2) is 0 Å². The molecule has 1 rings (SSSR count). The van der Waals surface area contributed by atoms with Gasteiger partial charge >= 0.3 is 0 Å². The highest BCUT2D eigenvalue weighted by Crippen LogP contribution is 2.54. The Hall–Kier alpha value is 1.25. The Bertz CT molecular complexity index is 450. The number of hydrogen-bond donors (Lipinski definition) is 0. The quantitative estimate of drug-likeness (QED) is 0.445. The van der Waals surface area contributed by atoms with E-state index in [1.54, 1.807) is 0 Å². The van der Waals surface area contributed by atoms with Crippen molar-refractivity contribution in [2.24, 2.45) is 0 Å². The van der Waals surface area contributed by atoms with Gasteiger partial charge in [-0.3, -0.25) is 0 Å². The van der Waals surface area contributed by atoms with Crippen LogP contribution < -0.4 is 0 Å². The molecule has 1 saturated heterocycles. The van der Waals surface area contributed by atoms with Crippen LogP contribution in [0.4, 0.5) is 0 Å². The third kappa shape index (κ3) is 2.68. The van der Waals surface area contributed by atoms with Crippen LogP contribution >= 0.6 is 13.8 Å². The van der Waals surface area contributed by atoms with E-state index in [0.29, 0.717) is 0 Å². The average molecular weight is 351 g/mol. The van der Waals surface area contributed by atoms with Crippen LogP contribution in [0.15, 0.2) is 0 Å². The minimum Gasteiger partial charge on any atom is -0.122 e. The molecule has 5 heteroatoms. The maximum absolute atomic E-state index is 2.73. The minimum absolute atomic E-state index is 0.821. The minimum atomic E-state index is -1.29. The van der Waals surface area contributed by atoms with Gasteiger partial charge < -0.3 is 0 Å². The van der Waals surface area contributed by atoms with Gasteiger partial charge in [-0.25, -0.2) is 0 Å². The molecule has 0 spiro atoms. The zero-order valence-electron chi connectivity index (χ0n) is 15.4. The van der Waals surface area contributed by atoms with Crippen molar-refractivity contribution in [3.8, 4) is 0 Å². The van der Waals surface area contributed by atoms with E-state index in [4.69, 9.17) is 0 Å². The topological polar surface area (TPSA) is 0 Å². The van der Waals surface area contributed by atoms with Gasteiger partial charge in [-0.05, 0) is 40.0 Å². The summed E-state index contributed by atoms with van der Waals surface area (Å²) in [6, 6.07) is 0. The smallest absolute Gasteiger partial charge is 0.0941 e. The molecular formula is C14H36P2Si3. The molecule has 0 aliphatic carbocycles. The van der Waals surface area contributed by atoms with E-state index in [9.17, 15) is 0 Å². The van der Waals surface area contributed by atoms with Gasteiger partial charge in [-0.1, -0.05) is 48.4 Å². The van der Waals surface area contributed by atoms with Gasteiger partial charge in [0.05, 0.1) is 23.3 Å². The predicted molar refractivity (Wildman–Crippen MR) is 112 cm³/mol. The first-order valence-electron chi connectivity index (χ1n) is 7.38. The van der Waals surface area contributed by atoms with Crippen molar-refractivity contribution in [1.29, 1.82) is 0 Å². The lowest BCUT2D eigenvalue weighted by molar-refractivity contribution is 1.89. The molecular weight excluding hydrogens is 314 g/mol. The molecule has 1 heterocycles. The molecule has 0 radical (unpaired) electrons. The largest absolute Gasteiger partial charge is 0.122 e. The highest BCUT2D eigenvalue weighted by atomic mass is 31.2. The monoisotopic (exact) mass is 350 g/mol. The molecule has 0 saturated carbocycles. The van der Waals surface area contributed by atoms with Gasteiger partial charge in [-0.2, -0.15) is 0 Å². The van der Waals surface area contributed by atoms with Crippen molar-refractivity contribution in [2.75, 3.05) is 40.0 Å². The molecule has 1 fully saturated rings. The molecule has 1 aliphatic heterocycles. The summed E-state index contributed by atoms with van der Waals surface area (Å²) in [5.74, 6) is 0. The Morgan fingerprint density at radius 1 is 0.526 bits per heavy atom. The molecule has 114 valence electrons. The zero-order chi connectivity index (χ0) is 15.7. The summed E-state index contributed by atoms with van der Waals surface area (Å²) in [4.78, 5) is 0. The maximum atomic E-state index is 2.73. The fourth-order valence-corrected chi connectivity index (χ4v) is 74.9. The Kier molecular flexibility index (Phi) is 4.45. The van der Waals surface area contributed by atoms with Crippen molar-refractivity contribution in [2.45, 2.75) is 39.3 Å². The third-order valence-corrected chi connectivity index (χ3v) is 51.7. The van der Waals surface area contributed by atoms with Crippen molar-refractivity contribution < 1.29 is 0 Å². The molecule has 0 aromatic carbocycles. The van der Waals surface area contributed by atoms with E-state index in [1.165, 1.54) is 0 Å². The fraction of sp³-hybridized carbons (Fsp3) is 0.857. The predicted octanol–water partition coefficient (Wildman–Crippen LogP) is 4.52. The third-order valence-electron chi connectivity index (χ3n) is 5.27. The molecule has 0 N–H and O–H groups in total. The van der Waals surface area contributed by atoms with Crippen molar-refractivity contribution in [1.82, 2.24) is 0 Å². The SMILES string of the molecule is C[Si]1(C)C(=P(C)(C)C)[Si](C)(C)[Si](C)(C)C1=P(C)(C)C. The Morgan fingerprint density at radius 3 is 0.842 bits per heavy atom. The Labute approximate surface area is 125 Å². The second kappa shape index (κ2) is 4.62. The van der Waals surface area contributed by atoms with Crippen molar-refractivity contribution >= 4 is 46.1 Å². The molecule has 19 heavy (non-hydrogen) atoms. The van der Waals surface area contributed by atoms with Crippen molar-refractivity contribution in [3.63, 3.8) is 0 Å². The second-order valence-corrected chi connectivity index (χ2v) is 40.5. The first-order valence-corrected chi connectivity index (χ1v) is 23.6. The Balaban J connectivity index is 4.01. The molecule has 0 bridgehead atoms. The molecule has 0 aromatic rings. The van der Waals surface area contributed by atoms with Crippen LogP contribution in [-0.2, 0) is 0 Å². The summed E-state index contributed by atoms with van der Waals surface area (Å²) in [6.07, 6.45) is 0. The first kappa shape index (κ1) is 18.3. The van der Waals surface area contributed by atoms with E-state index in [2.05, 4.69) is 88.4 Å². The van der Waals surface area contributed by atoms with E-state index >= 15 is 0 Å². The van der Waals surface area contributed by atoms with Gasteiger partial charge in [0, 0.05) is 0 Å². The van der Waals surface area contributed by atoms with Crippen LogP contribution in [0.2, 0.25) is 39.3 Å². The number of rotatable bonds is 0. The van der Waals surface area contributed by atoms with Crippen LogP contribution in [0.5, 0.6) is 0 Å². The lowest BCUT2D eigenvalue weighted by atomic mass is 11.7. The molecule has 0 amide bonds. The lowest BCUT2D eigenvalue weighted by Gasteiger charge is -2.37. The average Bonchev–Trinajstić information content (AvgIpc) is 2.02. The molecule has 0 nitrogen and oxygen atoms in total. The van der Waals surface area contributed by atoms with E-state index < -0.39 is 37.0 Å². The van der Waals surface area contributed by atoms with Crippen LogP contribution in [0.25, 0.3) is 0 Å². The van der Waals surface area contributed by atoms with Gasteiger partial charge in [0.1, 0.15) is 0 Å². The molecule has 1 aliphatic rings. The van der Waals surface area contributed by atoms with Gasteiger partial charge in [0.2, 0.25) is 0 Å². The summed E-state index contributed by atoms with van der Waals surface area (Å²) in [6.45, 7) is 30.3. The highest BCUT2D eigenvalue weighted by molar-refractivity contribution is 8.05. The fourth-order valence-electron chi connectivity index (χ4n) is 5.62. The van der Waals surface area contributed by atoms with Crippen molar-refractivity contribution in [3.05, 3.63) is 0 Å². The Morgan fingerprint density at radius 2 is 0.737 bits per heavy atom. The molecule has 0 atom stereocenters. The van der Waals surface area contributed by atoms with E-state index in [0.717, 1.165) is 0 Å². The first-order chi connectivity index (χ1) is 7.98. The summed E-state index contributed by atoms with van der Waals surface area (Å²) in [7, 11) is -3.65. The van der Waals surface area contributed by atoms with Gasteiger partial charge in [0.25, 0.3) is 0 Å². The normalized spacial score (nSPS) is 25.9. The van der Waals surface area contributed by atoms with E-state index in [-0.39, 0.29) is 0 Å². The summed E-state index contributed by atoms with van der Waals surface area (Å²) in [5, 5.41) is 0. The highest BCUT2D eigenvalue weighted by Gasteiger charge is 2.62. The van der Waals surface area contributed by atoms with Crippen LogP contribution in [0.3, 0.4) is 0 Å². The van der Waals surface area contributed by atoms with Crippen LogP contribution in [0, 0.1) is 0 Å². The zero-order valence-corrected chi connectivity index (χ0v) is 20.2. The second-order valence-electron chi connectivity index (χ2n) is 9.60. The van der Waals surface area contributed by atoms with E-state index in [1.807, 2.05) is 0 Å². The number of hydrogen-bond acceptors (Lipinski definition) is 0. The molecule has 0 unspecified atom stereocenters. The molecule has 0 aromatic heterocycles. The standard InChI is InChI=1S/C14H36P2Si3/c1-15(2,3)13-17(7,8)14(16(4,5)6)19(11,12)18(13,9)10/h1-12H3.